The van der Waals surface area contributed by atoms with Gasteiger partial charge in [-0.3, -0.25) is 4.79 Å². The van der Waals surface area contributed by atoms with Gasteiger partial charge in [-0.05, 0) is 18.2 Å². The molecule has 2 rings (SSSR count). The lowest BCUT2D eigenvalue weighted by Gasteiger charge is -2.30. The van der Waals surface area contributed by atoms with Crippen molar-refractivity contribution in [2.75, 3.05) is 37.0 Å². The number of amides is 1. The van der Waals surface area contributed by atoms with Crippen LogP contribution in [0.1, 0.15) is 13.8 Å². The molecule has 0 bridgehead atoms. The molecule has 1 aliphatic rings. The average Bonchev–Trinajstić information content (AvgIpc) is 2.40. The zero-order chi connectivity index (χ0) is 13.8. The molecule has 0 saturated heterocycles. The van der Waals surface area contributed by atoms with Gasteiger partial charge in [0.25, 0.3) is 5.91 Å². The first-order valence-electron chi connectivity index (χ1n) is 6.60. The van der Waals surface area contributed by atoms with Crippen LogP contribution in [0, 0.1) is 0 Å². The summed E-state index contributed by atoms with van der Waals surface area (Å²) < 4.78 is 5.45. The first-order valence-corrected chi connectivity index (χ1v) is 6.60. The normalized spacial score (nSPS) is 14.3. The summed E-state index contributed by atoms with van der Waals surface area (Å²) in [6.07, 6.45) is 0. The number of hydrogen-bond acceptors (Lipinski definition) is 4. The van der Waals surface area contributed by atoms with E-state index in [1.807, 2.05) is 25.2 Å². The fourth-order valence-electron chi connectivity index (χ4n) is 2.07. The van der Waals surface area contributed by atoms with Crippen LogP contribution in [0.15, 0.2) is 18.2 Å². The van der Waals surface area contributed by atoms with Crippen LogP contribution in [-0.4, -0.2) is 38.7 Å². The predicted octanol–water partition coefficient (Wildman–Crippen LogP) is 1.45. The van der Waals surface area contributed by atoms with E-state index in [1.165, 1.54) is 0 Å². The molecule has 0 spiro atoms. The highest BCUT2D eigenvalue weighted by molar-refractivity contribution is 5.98. The molecule has 5 nitrogen and oxygen atoms in total. The third kappa shape index (κ3) is 3.17. The highest BCUT2D eigenvalue weighted by Crippen LogP contribution is 2.34. The Balaban J connectivity index is 2.16. The Kier molecular flexibility index (Phi) is 4.27. The number of nitrogens with one attached hydrogen (secondary N) is 2. The number of ether oxygens (including phenoxy) is 1. The molecule has 19 heavy (non-hydrogen) atoms. The largest absolute Gasteiger partial charge is 0.482 e. The van der Waals surface area contributed by atoms with Gasteiger partial charge in [0, 0.05) is 31.9 Å². The summed E-state index contributed by atoms with van der Waals surface area (Å²) in [6, 6.07) is 6.21. The molecule has 0 saturated carbocycles. The summed E-state index contributed by atoms with van der Waals surface area (Å²) in [5.74, 6) is 0.773. The zero-order valence-corrected chi connectivity index (χ0v) is 11.7. The number of nitrogens with zero attached hydrogens (tertiary/aromatic N) is 1. The lowest BCUT2D eigenvalue weighted by atomic mass is 10.2. The van der Waals surface area contributed by atoms with Gasteiger partial charge < -0.3 is 20.3 Å². The Morgan fingerprint density at radius 2 is 2.21 bits per heavy atom. The van der Waals surface area contributed by atoms with E-state index in [1.54, 1.807) is 4.90 Å². The van der Waals surface area contributed by atoms with E-state index in [0.29, 0.717) is 12.6 Å². The monoisotopic (exact) mass is 263 g/mol. The van der Waals surface area contributed by atoms with Gasteiger partial charge >= 0.3 is 0 Å². The molecular weight excluding hydrogens is 242 g/mol. The minimum atomic E-state index is 0.00584. The minimum Gasteiger partial charge on any atom is -0.482 e. The highest BCUT2D eigenvalue weighted by Gasteiger charge is 2.25. The molecule has 1 aliphatic heterocycles. The maximum atomic E-state index is 12.0. The van der Waals surface area contributed by atoms with Gasteiger partial charge in [0.1, 0.15) is 5.75 Å². The number of benzene rings is 1. The van der Waals surface area contributed by atoms with Gasteiger partial charge in [0.2, 0.25) is 0 Å². The van der Waals surface area contributed by atoms with Crippen LogP contribution < -0.4 is 20.3 Å². The molecule has 1 aromatic rings. The molecule has 0 aliphatic carbocycles. The van der Waals surface area contributed by atoms with Crippen LogP contribution in [0.5, 0.6) is 5.75 Å². The second-order valence-corrected chi connectivity index (χ2v) is 4.88. The fraction of sp³-hybridized carbons (Fsp3) is 0.500. The van der Waals surface area contributed by atoms with Crippen LogP contribution in [-0.2, 0) is 4.79 Å². The zero-order valence-electron chi connectivity index (χ0n) is 11.7. The highest BCUT2D eigenvalue weighted by atomic mass is 16.5. The van der Waals surface area contributed by atoms with Crippen molar-refractivity contribution in [3.05, 3.63) is 18.2 Å². The van der Waals surface area contributed by atoms with Crippen molar-refractivity contribution in [2.45, 2.75) is 19.9 Å². The quantitative estimate of drug-likeness (QED) is 0.844. The molecule has 5 heteroatoms. The van der Waals surface area contributed by atoms with Gasteiger partial charge in [-0.25, -0.2) is 0 Å². The summed E-state index contributed by atoms with van der Waals surface area (Å²) in [5, 5.41) is 6.40. The second kappa shape index (κ2) is 5.93. The van der Waals surface area contributed by atoms with E-state index in [0.717, 1.165) is 23.7 Å². The smallest absolute Gasteiger partial charge is 0.265 e. The standard InChI is InChI=1S/C14H21N3O2/c1-10(2)16-6-7-17-12-8-11(15-3)4-5-13(12)19-9-14(17)18/h4-5,8,10,15-16H,6-7,9H2,1-3H3. The number of carbonyl (C=O) groups is 1. The van der Waals surface area contributed by atoms with Crippen LogP contribution in [0.2, 0.25) is 0 Å². The van der Waals surface area contributed by atoms with Crippen molar-refractivity contribution < 1.29 is 9.53 Å². The van der Waals surface area contributed by atoms with Gasteiger partial charge in [-0.1, -0.05) is 13.8 Å². The van der Waals surface area contributed by atoms with Crippen molar-refractivity contribution in [2.24, 2.45) is 0 Å². The fourth-order valence-corrected chi connectivity index (χ4v) is 2.07. The Bertz CT molecular complexity index is 460. The molecular formula is C14H21N3O2. The Hall–Kier alpha value is -1.75. The lowest BCUT2D eigenvalue weighted by Crippen LogP contribution is -2.43. The summed E-state index contributed by atoms with van der Waals surface area (Å²) in [5.41, 5.74) is 1.81. The summed E-state index contributed by atoms with van der Waals surface area (Å²) in [7, 11) is 1.86. The van der Waals surface area contributed by atoms with E-state index < -0.39 is 0 Å². The Labute approximate surface area is 113 Å². The lowest BCUT2D eigenvalue weighted by molar-refractivity contribution is -0.121. The van der Waals surface area contributed by atoms with E-state index in [-0.39, 0.29) is 12.5 Å². The number of fused-ring (bicyclic) bond motifs is 1. The first kappa shape index (κ1) is 13.7. The van der Waals surface area contributed by atoms with E-state index in [4.69, 9.17) is 4.74 Å². The molecule has 1 amide bonds. The second-order valence-electron chi connectivity index (χ2n) is 4.88. The molecule has 0 unspecified atom stereocenters. The van der Waals surface area contributed by atoms with Gasteiger partial charge in [0.05, 0.1) is 5.69 Å². The summed E-state index contributed by atoms with van der Waals surface area (Å²) >= 11 is 0. The maximum Gasteiger partial charge on any atom is 0.265 e. The Morgan fingerprint density at radius 1 is 1.42 bits per heavy atom. The van der Waals surface area contributed by atoms with Gasteiger partial charge in [-0.2, -0.15) is 0 Å². The van der Waals surface area contributed by atoms with Crippen LogP contribution in [0.25, 0.3) is 0 Å². The molecule has 1 heterocycles. The third-order valence-corrected chi connectivity index (χ3v) is 3.08. The van der Waals surface area contributed by atoms with E-state index in [9.17, 15) is 4.79 Å². The minimum absolute atomic E-state index is 0.00584. The van der Waals surface area contributed by atoms with Crippen molar-refractivity contribution in [3.63, 3.8) is 0 Å². The number of carbonyl (C=O) groups excluding carboxylic acids is 1. The summed E-state index contributed by atoms with van der Waals surface area (Å²) in [4.78, 5) is 13.8. The average molecular weight is 263 g/mol. The van der Waals surface area contributed by atoms with Crippen molar-refractivity contribution in [1.29, 1.82) is 0 Å². The molecule has 1 aromatic carbocycles. The number of hydrogen-bond donors (Lipinski definition) is 2. The summed E-state index contributed by atoms with van der Waals surface area (Å²) in [6.45, 7) is 5.73. The first-order chi connectivity index (χ1) is 9.11. The van der Waals surface area contributed by atoms with E-state index >= 15 is 0 Å². The Morgan fingerprint density at radius 3 is 2.89 bits per heavy atom. The van der Waals surface area contributed by atoms with Crippen molar-refractivity contribution in [3.8, 4) is 5.75 Å². The van der Waals surface area contributed by atoms with Crippen LogP contribution in [0.3, 0.4) is 0 Å². The van der Waals surface area contributed by atoms with Gasteiger partial charge in [0.15, 0.2) is 6.61 Å². The molecule has 2 N–H and O–H groups in total. The number of rotatable bonds is 5. The van der Waals surface area contributed by atoms with E-state index in [2.05, 4.69) is 24.5 Å². The topological polar surface area (TPSA) is 53.6 Å². The predicted molar refractivity (Wildman–Crippen MR) is 77.0 cm³/mol. The van der Waals surface area contributed by atoms with Crippen molar-refractivity contribution in [1.82, 2.24) is 5.32 Å². The third-order valence-electron chi connectivity index (χ3n) is 3.08. The molecule has 0 atom stereocenters. The van der Waals surface area contributed by atoms with Gasteiger partial charge in [-0.15, -0.1) is 0 Å². The molecule has 0 radical (unpaired) electrons. The molecule has 104 valence electrons. The number of anilines is 2. The molecule has 0 fully saturated rings. The van der Waals surface area contributed by atoms with Crippen LogP contribution >= 0.6 is 0 Å². The maximum absolute atomic E-state index is 12.0. The van der Waals surface area contributed by atoms with Crippen LogP contribution in [0.4, 0.5) is 11.4 Å². The SMILES string of the molecule is CNc1ccc2c(c1)N(CCNC(C)C)C(=O)CO2. The van der Waals surface area contributed by atoms with Crippen molar-refractivity contribution >= 4 is 17.3 Å². The molecule has 0 aromatic heterocycles.